The molecule has 0 radical (unpaired) electrons. The number of carbonyl (C=O) groups excluding carboxylic acids is 6. The number of ketones is 3. The predicted molar refractivity (Wildman–Crippen MR) is 330 cm³/mol. The molecule has 0 aliphatic rings. The average Bonchev–Trinajstić information content (AvgIpc) is 0.812. The summed E-state index contributed by atoms with van der Waals surface area (Å²) in [5.74, 6) is -6.00. The number of hydrogen-bond acceptors (Lipinski definition) is 24. The van der Waals surface area contributed by atoms with E-state index < -0.39 is 93.4 Å². The Balaban J connectivity index is 0.000000278. The molecule has 0 saturated heterocycles. The van der Waals surface area contributed by atoms with Gasteiger partial charge < -0.3 is 62.8 Å². The van der Waals surface area contributed by atoms with Crippen molar-refractivity contribution in [3.8, 4) is 40.2 Å². The van der Waals surface area contributed by atoms with E-state index >= 15 is 0 Å². The van der Waals surface area contributed by atoms with Crippen molar-refractivity contribution in [2.24, 2.45) is 0 Å². The van der Waals surface area contributed by atoms with E-state index in [2.05, 4.69) is 21.1 Å². The summed E-state index contributed by atoms with van der Waals surface area (Å²) in [7, 11) is 3.71. The van der Waals surface area contributed by atoms with Crippen LogP contribution in [-0.4, -0.2) is 143 Å². The molecule has 0 bridgehead atoms. The van der Waals surface area contributed by atoms with Gasteiger partial charge >= 0.3 is 18.1 Å². The molecule has 0 aliphatic carbocycles. The van der Waals surface area contributed by atoms with Gasteiger partial charge in [-0.3, -0.25) is 37.4 Å². The molecule has 8 aromatic rings. The summed E-state index contributed by atoms with van der Waals surface area (Å²) in [5, 5.41) is 47.1. The highest BCUT2D eigenvalue weighted by Gasteiger charge is 2.25. The van der Waals surface area contributed by atoms with Crippen LogP contribution in [0.15, 0.2) is 139 Å². The highest BCUT2D eigenvalue weighted by molar-refractivity contribution is 7.86. The van der Waals surface area contributed by atoms with Crippen LogP contribution in [0.1, 0.15) is 80.5 Å². The van der Waals surface area contributed by atoms with Crippen LogP contribution in [0.3, 0.4) is 0 Å². The molecule has 6 aromatic carbocycles. The first-order valence-electron chi connectivity index (χ1n) is 27.5. The molecule has 500 valence electrons. The lowest BCUT2D eigenvalue weighted by atomic mass is 10.0. The van der Waals surface area contributed by atoms with E-state index in [0.717, 1.165) is 54.1 Å². The number of aliphatic hydroxyl groups excluding tert-OH is 1. The quantitative estimate of drug-likeness (QED) is 0.0140. The first-order valence-corrected chi connectivity index (χ1v) is 28.9. The maximum Gasteiger partial charge on any atom is 0.373 e. The monoisotopic (exact) mass is 1330 g/mol. The fraction of sp³-hybridized carbons (Fsp3) is 0.262. The number of methoxy groups -OCH3 is 1. The van der Waals surface area contributed by atoms with Gasteiger partial charge in [0.1, 0.15) is 123 Å². The van der Waals surface area contributed by atoms with Gasteiger partial charge in [-0.1, -0.05) is 29.8 Å². The topological polar surface area (TPSA) is 380 Å². The zero-order valence-electron chi connectivity index (χ0n) is 52.2. The van der Waals surface area contributed by atoms with E-state index in [-0.39, 0.29) is 92.7 Å². The minimum Gasteiger partial charge on any atom is -0.507 e. The lowest BCUT2D eigenvalue weighted by Gasteiger charge is -2.25. The molecule has 0 aliphatic heterocycles. The minimum absolute atomic E-state index is 0.00608. The van der Waals surface area contributed by atoms with Gasteiger partial charge in [0.2, 0.25) is 5.76 Å². The van der Waals surface area contributed by atoms with E-state index in [1.54, 1.807) is 38.3 Å². The summed E-state index contributed by atoms with van der Waals surface area (Å²) in [6, 6.07) is 24.4. The number of hydrogen-bond donors (Lipinski definition) is 5. The molecule has 2 heterocycles. The van der Waals surface area contributed by atoms with E-state index in [9.17, 15) is 61.0 Å². The van der Waals surface area contributed by atoms with Gasteiger partial charge in [-0.05, 0) is 76.6 Å². The van der Waals surface area contributed by atoms with Crippen LogP contribution in [-0.2, 0) is 38.2 Å². The fourth-order valence-corrected chi connectivity index (χ4v) is 9.24. The van der Waals surface area contributed by atoms with Crippen LogP contribution >= 0.6 is 0 Å². The molecule has 0 spiro atoms. The lowest BCUT2D eigenvalue weighted by Crippen LogP contribution is -2.35. The summed E-state index contributed by atoms with van der Waals surface area (Å²) >= 11 is 0. The van der Waals surface area contributed by atoms with E-state index in [0.29, 0.717) is 21.4 Å². The van der Waals surface area contributed by atoms with Crippen molar-refractivity contribution in [1.82, 2.24) is 4.48 Å². The van der Waals surface area contributed by atoms with Gasteiger partial charge in [0.25, 0.3) is 10.1 Å². The molecule has 0 fully saturated rings. The van der Waals surface area contributed by atoms with Crippen molar-refractivity contribution in [3.63, 3.8) is 0 Å². The molecule has 0 amide bonds. The first kappa shape index (κ1) is 75.8. The second kappa shape index (κ2) is 34.7. The highest BCUT2D eigenvalue weighted by Crippen LogP contribution is 2.33. The number of carboxylic acids is 1. The summed E-state index contributed by atoms with van der Waals surface area (Å²) in [4.78, 5) is 97.1. The number of aromatic hydroxyl groups is 3. The number of benzene rings is 6. The Morgan fingerprint density at radius 3 is 1.73 bits per heavy atom. The van der Waals surface area contributed by atoms with Crippen molar-refractivity contribution in [2.75, 3.05) is 61.5 Å². The standard InChI is InChI=1S/C22H15FO9.C20H22O8S.C14H22NO3.C8H7FO3.CO2/c23-11-6-17(21-14(26)8-19(22(27)28)32-18(21)7-11)31-10-12(24)9-30-16-3-1-2-15-20(16)13(25)4-5-29-15;1-13-7-9-17(10-8-13)29(24,25)27-12-16(28-15(3)22)11-26-19-6-4-5-18(23)20(19)14(2)21;1-10-7-12(15(3,4)5)8-13(18-9-17-6)14(10)11(2)16;1-4(10)8-6(11)2-5(9)3-7(8)12;2-1-3/h1-8,12,24H,9-10H2,(H,27,28);4-10,16,23H,11-12H2,1-3H3;7-8H,9H2,1-6H3;2-3,11-12H,1H3;/q;;+1;;/i23-1;;;9-1;. The number of carbonyl (C=O) groups is 5. The number of aryl methyl sites for hydroxylation is 2. The summed E-state index contributed by atoms with van der Waals surface area (Å²) in [6.07, 6.45) is -0.768. The molecular weight excluding hydrogens is 1260 g/mol. The van der Waals surface area contributed by atoms with Crippen LogP contribution in [0.25, 0.3) is 21.9 Å². The number of quaternary nitrogens is 1. The van der Waals surface area contributed by atoms with Crippen molar-refractivity contribution >= 4 is 73.2 Å². The normalized spacial score (nSPS) is 11.4. The van der Waals surface area contributed by atoms with Crippen molar-refractivity contribution < 1.29 is 118 Å². The number of rotatable bonds is 22. The number of phenolic OH excluding ortho intramolecular Hbond substituents is 3. The fourth-order valence-electron chi connectivity index (χ4n) is 8.30. The average molecular weight is 1330 g/mol. The molecule has 2 aromatic heterocycles. The van der Waals surface area contributed by atoms with Crippen LogP contribution in [0, 0.1) is 25.5 Å². The smallest absolute Gasteiger partial charge is 0.373 e. The zero-order chi connectivity index (χ0) is 70.4. The van der Waals surface area contributed by atoms with Gasteiger partial charge in [0.15, 0.2) is 41.1 Å². The summed E-state index contributed by atoms with van der Waals surface area (Å²) < 4.78 is 98.8. The molecule has 2 unspecified atom stereocenters. The Bertz CT molecular complexity index is 4280. The minimum atomic E-state index is -4.06. The second-order valence-electron chi connectivity index (χ2n) is 20.8. The number of esters is 1. The Morgan fingerprint density at radius 2 is 1.17 bits per heavy atom. The van der Waals surface area contributed by atoms with Crippen molar-refractivity contribution in [2.45, 2.75) is 58.6 Å². The largest absolute Gasteiger partial charge is 0.507 e. The van der Waals surface area contributed by atoms with Gasteiger partial charge in [0, 0.05) is 62.6 Å². The van der Waals surface area contributed by atoms with Gasteiger partial charge in [-0.2, -0.15) is 18.0 Å². The third kappa shape index (κ3) is 22.0. The number of phenols is 3. The maximum atomic E-state index is 13.9. The SMILES string of the molecule is CC(=O)OC(COc1cccc(O)c1C(C)=O)COS(=O)(=O)c1ccc(C)cc1.CC(=O)c1c(O)cc([18F])cc1O.COCOc1cc([N+](C)(C)C)cc(C)c1C(C)=O.O=C(O)c1cc(=O)c2c(OCC(O)COc3cccc4occc(=O)c34)cc([18F])cc2o1.O=C=O. The van der Waals surface area contributed by atoms with E-state index in [1.807, 2.05) is 26.0 Å². The molecule has 26 nitrogen and oxygen atoms in total. The van der Waals surface area contributed by atoms with Crippen molar-refractivity contribution in [3.05, 3.63) is 181 Å². The molecule has 5 N–H and O–H groups in total. The number of fused-ring (bicyclic) bond motifs is 2. The molecule has 29 heteroatoms. The predicted octanol–water partition coefficient (Wildman–Crippen LogP) is 8.41. The number of aromatic carboxylic acids is 1. The summed E-state index contributed by atoms with van der Waals surface area (Å²) in [6.45, 7) is 7.60. The van der Waals surface area contributed by atoms with E-state index in [1.165, 1.54) is 62.6 Å². The molecule has 8 rings (SSSR count). The van der Waals surface area contributed by atoms with Crippen molar-refractivity contribution in [1.29, 1.82) is 0 Å². The molecule has 0 saturated carbocycles. The van der Waals surface area contributed by atoms with Gasteiger partial charge in [-0.25, -0.2) is 13.6 Å². The molecule has 2 atom stereocenters. The number of halogens is 2. The third-order valence-corrected chi connectivity index (χ3v) is 13.8. The third-order valence-electron chi connectivity index (χ3n) is 12.5. The number of ether oxygens (including phenoxy) is 6. The Hall–Kier alpha value is -10.7. The lowest BCUT2D eigenvalue weighted by molar-refractivity contribution is -0.191. The van der Waals surface area contributed by atoms with Crippen LogP contribution < -0.4 is 34.3 Å². The first-order chi connectivity index (χ1) is 44.1. The Morgan fingerprint density at radius 1 is 0.617 bits per heavy atom. The number of nitrogens with zero attached hydrogens (tertiary/aromatic N) is 1. The number of Topliss-reactive ketones (excluding diaryl/α,β-unsaturated/α-hetero) is 3. The molecule has 94 heavy (non-hydrogen) atoms. The Labute approximate surface area is 534 Å². The number of aliphatic hydroxyl groups is 1. The van der Waals surface area contributed by atoms with Crippen LogP contribution in [0.4, 0.5) is 14.5 Å². The molecular formula is C65H66F2NO25S+. The number of carboxylic acid groups (broad SMARTS) is 1. The van der Waals surface area contributed by atoms with Gasteiger partial charge in [-0.15, -0.1) is 0 Å². The highest BCUT2D eigenvalue weighted by atomic mass is 32.2. The second-order valence-corrected chi connectivity index (χ2v) is 22.4. The maximum absolute atomic E-state index is 13.9. The van der Waals surface area contributed by atoms with E-state index in [4.69, 9.17) is 66.3 Å². The zero-order valence-corrected chi connectivity index (χ0v) is 53.0. The van der Waals surface area contributed by atoms with Crippen LogP contribution in [0.2, 0.25) is 0 Å². The van der Waals surface area contributed by atoms with Crippen LogP contribution in [0.5, 0.6) is 40.2 Å². The van der Waals surface area contributed by atoms with Gasteiger partial charge in [0.05, 0.1) is 37.9 Å². The summed E-state index contributed by atoms with van der Waals surface area (Å²) in [5.41, 5.74) is 2.21. The Kier molecular flexibility index (Phi) is 27.9.